The summed E-state index contributed by atoms with van der Waals surface area (Å²) < 4.78 is 4.84. The highest BCUT2D eigenvalue weighted by atomic mass is 16.5. The summed E-state index contributed by atoms with van der Waals surface area (Å²) in [6.45, 7) is 5.91. The number of carbonyl (C=O) groups is 1. The van der Waals surface area contributed by atoms with Gasteiger partial charge in [-0.2, -0.15) is 5.26 Å². The minimum atomic E-state index is -0.301. The third-order valence-electron chi connectivity index (χ3n) is 2.03. The average molecular weight is 183 g/mol. The first-order valence-corrected chi connectivity index (χ1v) is 4.73. The van der Waals surface area contributed by atoms with Crippen LogP contribution in [-0.2, 0) is 9.53 Å². The molecule has 3 heteroatoms. The van der Waals surface area contributed by atoms with Gasteiger partial charge in [-0.15, -0.1) is 0 Å². The molecule has 0 aromatic carbocycles. The summed E-state index contributed by atoms with van der Waals surface area (Å²) in [7, 11) is 0. The highest BCUT2D eigenvalue weighted by molar-refractivity contribution is 5.72. The van der Waals surface area contributed by atoms with Crippen LogP contribution < -0.4 is 0 Å². The Balaban J connectivity index is 4.12. The molecular weight excluding hydrogens is 166 g/mol. The molecule has 3 nitrogen and oxygen atoms in total. The van der Waals surface area contributed by atoms with E-state index in [1.165, 1.54) is 0 Å². The number of hydrogen-bond acceptors (Lipinski definition) is 3. The predicted molar refractivity (Wildman–Crippen MR) is 49.8 cm³/mol. The molecule has 0 fully saturated rings. The van der Waals surface area contributed by atoms with Gasteiger partial charge in [0.1, 0.15) is 0 Å². The van der Waals surface area contributed by atoms with Crippen LogP contribution in [0.15, 0.2) is 0 Å². The van der Waals surface area contributed by atoms with Gasteiger partial charge in [0.05, 0.1) is 24.5 Å². The zero-order valence-corrected chi connectivity index (χ0v) is 8.54. The van der Waals surface area contributed by atoms with Crippen molar-refractivity contribution in [1.82, 2.24) is 0 Å². The van der Waals surface area contributed by atoms with Crippen LogP contribution in [0.2, 0.25) is 0 Å². The number of esters is 1. The van der Waals surface area contributed by atoms with Crippen molar-refractivity contribution in [2.45, 2.75) is 33.6 Å². The number of nitrogens with zero attached hydrogens (tertiary/aromatic N) is 1. The van der Waals surface area contributed by atoms with Gasteiger partial charge in [0.25, 0.3) is 0 Å². The lowest BCUT2D eigenvalue weighted by Crippen LogP contribution is -2.22. The van der Waals surface area contributed by atoms with E-state index in [1.54, 1.807) is 13.8 Å². The quantitative estimate of drug-likeness (QED) is 0.613. The number of ether oxygens (including phenoxy) is 1. The standard InChI is InChI=1S/C10H17NO2/c1-4-6-9(7-11)8(3)10(12)13-5-2/h8-9H,4-6H2,1-3H3/t8-,9?/m0/s1. The number of hydrogen-bond donors (Lipinski definition) is 0. The van der Waals surface area contributed by atoms with Crippen LogP contribution in [0.4, 0.5) is 0 Å². The molecule has 2 atom stereocenters. The lowest BCUT2D eigenvalue weighted by atomic mass is 9.91. The van der Waals surface area contributed by atoms with E-state index in [0.717, 1.165) is 12.8 Å². The van der Waals surface area contributed by atoms with Crippen LogP contribution in [0.3, 0.4) is 0 Å². The molecule has 0 amide bonds. The minimum Gasteiger partial charge on any atom is -0.466 e. The van der Waals surface area contributed by atoms with Gasteiger partial charge in [0, 0.05) is 0 Å². The smallest absolute Gasteiger partial charge is 0.309 e. The number of carbonyl (C=O) groups excluding carboxylic acids is 1. The van der Waals surface area contributed by atoms with E-state index in [4.69, 9.17) is 10.00 Å². The predicted octanol–water partition coefficient (Wildman–Crippen LogP) is 2.13. The lowest BCUT2D eigenvalue weighted by Gasteiger charge is -2.14. The third kappa shape index (κ3) is 3.93. The first-order valence-electron chi connectivity index (χ1n) is 4.73. The van der Waals surface area contributed by atoms with Gasteiger partial charge in [0.2, 0.25) is 0 Å². The molecule has 0 bridgehead atoms. The summed E-state index contributed by atoms with van der Waals surface area (Å²) in [5.74, 6) is -0.767. The Morgan fingerprint density at radius 3 is 2.54 bits per heavy atom. The second-order valence-electron chi connectivity index (χ2n) is 3.06. The van der Waals surface area contributed by atoms with Gasteiger partial charge in [-0.1, -0.05) is 20.3 Å². The summed E-state index contributed by atoms with van der Waals surface area (Å²) in [6.07, 6.45) is 1.68. The zero-order valence-electron chi connectivity index (χ0n) is 8.54. The van der Waals surface area contributed by atoms with E-state index in [0.29, 0.717) is 6.61 Å². The Morgan fingerprint density at radius 2 is 2.15 bits per heavy atom. The van der Waals surface area contributed by atoms with Crippen molar-refractivity contribution >= 4 is 5.97 Å². The maximum Gasteiger partial charge on any atom is 0.309 e. The van der Waals surface area contributed by atoms with Crippen molar-refractivity contribution in [3.8, 4) is 6.07 Å². The second kappa shape index (κ2) is 6.47. The Kier molecular flexibility index (Phi) is 5.96. The number of rotatable bonds is 5. The molecule has 13 heavy (non-hydrogen) atoms. The minimum absolute atomic E-state index is 0.205. The van der Waals surface area contributed by atoms with Crippen molar-refractivity contribution in [1.29, 1.82) is 5.26 Å². The Hall–Kier alpha value is -1.04. The van der Waals surface area contributed by atoms with Crippen molar-refractivity contribution in [2.24, 2.45) is 11.8 Å². The molecule has 0 spiro atoms. The Labute approximate surface area is 79.7 Å². The largest absolute Gasteiger partial charge is 0.466 e. The fourth-order valence-electron chi connectivity index (χ4n) is 1.18. The van der Waals surface area contributed by atoms with Crippen molar-refractivity contribution in [3.05, 3.63) is 0 Å². The topological polar surface area (TPSA) is 50.1 Å². The SMILES string of the molecule is CCCC(C#N)[C@H](C)C(=O)OCC. The summed E-state index contributed by atoms with van der Waals surface area (Å²) in [4.78, 5) is 11.2. The van der Waals surface area contributed by atoms with Gasteiger partial charge >= 0.3 is 5.97 Å². The maximum absolute atomic E-state index is 11.2. The fourth-order valence-corrected chi connectivity index (χ4v) is 1.18. The van der Waals surface area contributed by atoms with Gasteiger partial charge in [-0.25, -0.2) is 0 Å². The Bertz CT molecular complexity index is 196. The molecule has 0 aromatic heterocycles. The highest BCUT2D eigenvalue weighted by Gasteiger charge is 2.23. The first kappa shape index (κ1) is 12.0. The molecule has 1 unspecified atom stereocenters. The van der Waals surface area contributed by atoms with E-state index in [2.05, 4.69) is 6.07 Å². The van der Waals surface area contributed by atoms with Crippen LogP contribution in [0.25, 0.3) is 0 Å². The fraction of sp³-hybridized carbons (Fsp3) is 0.800. The van der Waals surface area contributed by atoms with Gasteiger partial charge in [0.15, 0.2) is 0 Å². The van der Waals surface area contributed by atoms with Gasteiger partial charge in [-0.3, -0.25) is 4.79 Å². The normalized spacial score (nSPS) is 14.3. The van der Waals surface area contributed by atoms with E-state index in [-0.39, 0.29) is 17.8 Å². The third-order valence-corrected chi connectivity index (χ3v) is 2.03. The zero-order chi connectivity index (χ0) is 10.3. The van der Waals surface area contributed by atoms with Crippen LogP contribution >= 0.6 is 0 Å². The van der Waals surface area contributed by atoms with Gasteiger partial charge < -0.3 is 4.74 Å². The first-order chi connectivity index (χ1) is 6.17. The molecule has 0 saturated carbocycles. The summed E-state index contributed by atoms with van der Waals surface area (Å²) in [6, 6.07) is 2.14. The van der Waals surface area contributed by atoms with Crippen LogP contribution in [0, 0.1) is 23.2 Å². The maximum atomic E-state index is 11.2. The molecule has 0 aromatic rings. The highest BCUT2D eigenvalue weighted by Crippen LogP contribution is 2.17. The van der Waals surface area contributed by atoms with Crippen LogP contribution in [0.5, 0.6) is 0 Å². The molecule has 0 aliphatic carbocycles. The lowest BCUT2D eigenvalue weighted by molar-refractivity contribution is -0.148. The molecule has 74 valence electrons. The van der Waals surface area contributed by atoms with E-state index < -0.39 is 0 Å². The van der Waals surface area contributed by atoms with E-state index >= 15 is 0 Å². The Morgan fingerprint density at radius 1 is 1.54 bits per heavy atom. The molecule has 0 saturated heterocycles. The molecule has 0 rings (SSSR count). The van der Waals surface area contributed by atoms with Gasteiger partial charge in [-0.05, 0) is 13.3 Å². The molecule has 0 heterocycles. The number of nitriles is 1. The monoisotopic (exact) mass is 183 g/mol. The molecular formula is C10H17NO2. The molecule has 0 aliphatic heterocycles. The molecule has 0 aliphatic rings. The molecule has 0 N–H and O–H groups in total. The van der Waals surface area contributed by atoms with E-state index in [1.807, 2.05) is 6.92 Å². The van der Waals surface area contributed by atoms with Crippen LogP contribution in [0.1, 0.15) is 33.6 Å². The molecule has 0 radical (unpaired) electrons. The van der Waals surface area contributed by atoms with Crippen molar-refractivity contribution in [3.63, 3.8) is 0 Å². The van der Waals surface area contributed by atoms with Crippen molar-refractivity contribution in [2.75, 3.05) is 6.61 Å². The van der Waals surface area contributed by atoms with E-state index in [9.17, 15) is 4.79 Å². The average Bonchev–Trinajstić information content (AvgIpc) is 2.13. The summed E-state index contributed by atoms with van der Waals surface area (Å²) in [5, 5.41) is 8.79. The van der Waals surface area contributed by atoms with Crippen molar-refractivity contribution < 1.29 is 9.53 Å². The summed E-state index contributed by atoms with van der Waals surface area (Å²) >= 11 is 0. The summed E-state index contributed by atoms with van der Waals surface area (Å²) in [5.41, 5.74) is 0. The second-order valence-corrected chi connectivity index (χ2v) is 3.06. The van der Waals surface area contributed by atoms with Crippen LogP contribution in [-0.4, -0.2) is 12.6 Å².